The van der Waals surface area contributed by atoms with E-state index in [1.807, 2.05) is 0 Å². The molecular formula is C21H23FN6O3. The van der Waals surface area contributed by atoms with Crippen LogP contribution in [0.4, 0.5) is 10.1 Å². The minimum Gasteiger partial charge on any atom is -0.496 e. The van der Waals surface area contributed by atoms with Gasteiger partial charge in [0.25, 0.3) is 0 Å². The lowest BCUT2D eigenvalue weighted by Crippen LogP contribution is -2.26. The number of ether oxygens (including phenoxy) is 1. The van der Waals surface area contributed by atoms with Gasteiger partial charge in [-0.05, 0) is 32.0 Å². The molecule has 4 rings (SSSR count). The van der Waals surface area contributed by atoms with Crippen molar-refractivity contribution in [1.82, 2.24) is 24.4 Å². The Bertz CT molecular complexity index is 1210. The number of rotatable bonds is 7. The van der Waals surface area contributed by atoms with Gasteiger partial charge in [0, 0.05) is 30.2 Å². The van der Waals surface area contributed by atoms with E-state index in [-0.39, 0.29) is 6.54 Å². The van der Waals surface area contributed by atoms with Crippen molar-refractivity contribution in [3.05, 3.63) is 60.4 Å². The molecule has 0 aliphatic rings. The predicted molar refractivity (Wildman–Crippen MR) is 112 cm³/mol. The molecule has 0 spiro atoms. The van der Waals surface area contributed by atoms with Crippen LogP contribution in [0, 0.1) is 5.82 Å². The summed E-state index contributed by atoms with van der Waals surface area (Å²) in [6, 6.07) is 5.87. The summed E-state index contributed by atoms with van der Waals surface area (Å²) in [6.07, 6.45) is 5.40. The second-order valence-corrected chi connectivity index (χ2v) is 7.78. The van der Waals surface area contributed by atoms with Crippen LogP contribution in [0.25, 0.3) is 16.9 Å². The number of aliphatic hydroxyl groups is 2. The molecule has 3 aromatic heterocycles. The van der Waals surface area contributed by atoms with Crippen LogP contribution in [0.1, 0.15) is 25.6 Å². The highest BCUT2D eigenvalue weighted by Gasteiger charge is 2.23. The molecule has 1 unspecified atom stereocenters. The van der Waals surface area contributed by atoms with Crippen molar-refractivity contribution in [2.24, 2.45) is 0 Å². The molecule has 1 atom stereocenters. The zero-order chi connectivity index (χ0) is 22.2. The number of fused-ring (bicyclic) bond motifs is 1. The third-order valence-electron chi connectivity index (χ3n) is 4.62. The zero-order valence-electron chi connectivity index (χ0n) is 17.3. The highest BCUT2D eigenvalue weighted by atomic mass is 19.1. The quantitative estimate of drug-likeness (QED) is 0.390. The van der Waals surface area contributed by atoms with Gasteiger partial charge in [-0.25, -0.2) is 13.9 Å². The monoisotopic (exact) mass is 426 g/mol. The highest BCUT2D eigenvalue weighted by molar-refractivity contribution is 5.78. The van der Waals surface area contributed by atoms with Crippen molar-refractivity contribution in [3.8, 4) is 17.0 Å². The summed E-state index contributed by atoms with van der Waals surface area (Å²) >= 11 is 0. The molecule has 0 amide bonds. The van der Waals surface area contributed by atoms with Crippen LogP contribution >= 0.6 is 0 Å². The van der Waals surface area contributed by atoms with E-state index in [1.54, 1.807) is 53.8 Å². The summed E-state index contributed by atoms with van der Waals surface area (Å²) in [5.74, 6) is -0.146. The molecule has 3 heterocycles. The van der Waals surface area contributed by atoms with Gasteiger partial charge in [0.05, 0.1) is 36.7 Å². The molecular weight excluding hydrogens is 403 g/mol. The fraction of sp³-hybridized carbons (Fsp3) is 0.286. The number of benzene rings is 1. The van der Waals surface area contributed by atoms with Crippen LogP contribution in [-0.2, 0) is 6.54 Å². The zero-order valence-corrected chi connectivity index (χ0v) is 17.3. The number of methoxy groups -OCH3 is 1. The van der Waals surface area contributed by atoms with Gasteiger partial charge in [0.1, 0.15) is 17.3 Å². The molecule has 4 aromatic rings. The maximum atomic E-state index is 13.7. The van der Waals surface area contributed by atoms with Crippen LogP contribution in [0.5, 0.6) is 5.75 Å². The van der Waals surface area contributed by atoms with E-state index in [4.69, 9.17) is 4.74 Å². The molecule has 0 radical (unpaired) electrons. The van der Waals surface area contributed by atoms with E-state index in [0.29, 0.717) is 33.9 Å². The fourth-order valence-electron chi connectivity index (χ4n) is 3.33. The Morgan fingerprint density at radius 3 is 2.87 bits per heavy atom. The third-order valence-corrected chi connectivity index (χ3v) is 4.62. The topological polar surface area (TPSA) is 110 Å². The molecule has 0 saturated carbocycles. The molecule has 0 bridgehead atoms. The first kappa shape index (κ1) is 20.8. The number of nitrogens with zero attached hydrogens (tertiary/aromatic N) is 5. The number of aliphatic hydroxyl groups excluding tert-OH is 1. The van der Waals surface area contributed by atoms with Crippen molar-refractivity contribution < 1.29 is 19.3 Å². The van der Waals surface area contributed by atoms with Crippen molar-refractivity contribution in [1.29, 1.82) is 0 Å². The molecule has 162 valence electrons. The minimum absolute atomic E-state index is 0.208. The largest absolute Gasteiger partial charge is 0.496 e. The summed E-state index contributed by atoms with van der Waals surface area (Å²) < 4.78 is 22.2. The number of nitrogens with one attached hydrogen (secondary N) is 1. The summed E-state index contributed by atoms with van der Waals surface area (Å²) in [5.41, 5.74) is 1.41. The SMILES string of the molecule is COc1cc(F)ccc1-c1nn(CC(C)(C)O)cc1NC(O)c1cnn2cccnc12. The van der Waals surface area contributed by atoms with E-state index < -0.39 is 17.6 Å². The second kappa shape index (κ2) is 7.97. The first-order chi connectivity index (χ1) is 14.7. The van der Waals surface area contributed by atoms with E-state index in [2.05, 4.69) is 20.5 Å². The van der Waals surface area contributed by atoms with E-state index >= 15 is 0 Å². The Morgan fingerprint density at radius 1 is 1.32 bits per heavy atom. The summed E-state index contributed by atoms with van der Waals surface area (Å²) in [5, 5.41) is 32.8. The molecule has 0 saturated heterocycles. The van der Waals surface area contributed by atoms with Gasteiger partial charge in [-0.2, -0.15) is 10.2 Å². The summed E-state index contributed by atoms with van der Waals surface area (Å²) in [7, 11) is 1.44. The van der Waals surface area contributed by atoms with Crippen LogP contribution in [-0.4, -0.2) is 47.3 Å². The molecule has 0 aliphatic heterocycles. The Kier molecular flexibility index (Phi) is 5.34. The fourth-order valence-corrected chi connectivity index (χ4v) is 3.33. The number of hydrogen-bond acceptors (Lipinski definition) is 7. The maximum Gasteiger partial charge on any atom is 0.162 e. The first-order valence-electron chi connectivity index (χ1n) is 9.62. The molecule has 0 aliphatic carbocycles. The smallest absolute Gasteiger partial charge is 0.162 e. The van der Waals surface area contributed by atoms with Crippen molar-refractivity contribution in [2.45, 2.75) is 32.2 Å². The number of hydrogen-bond donors (Lipinski definition) is 3. The Morgan fingerprint density at radius 2 is 2.13 bits per heavy atom. The standard InChI is InChI=1S/C21H23FN6O3/c1-21(2,30)12-27-11-16(18(26-27)14-6-5-13(22)9-17(14)31-3)25-20(29)15-10-24-28-8-4-7-23-19(15)28/h4-11,20,25,29-30H,12H2,1-3H3. The van der Waals surface area contributed by atoms with Gasteiger partial charge in [-0.1, -0.05) is 0 Å². The lowest BCUT2D eigenvalue weighted by atomic mass is 10.1. The Labute approximate surface area is 177 Å². The normalized spacial score (nSPS) is 12.8. The van der Waals surface area contributed by atoms with Crippen molar-refractivity contribution in [2.75, 3.05) is 12.4 Å². The van der Waals surface area contributed by atoms with Gasteiger partial charge in [0.15, 0.2) is 11.9 Å². The molecule has 9 nitrogen and oxygen atoms in total. The first-order valence-corrected chi connectivity index (χ1v) is 9.62. The Hall–Kier alpha value is -3.50. The molecule has 0 fully saturated rings. The van der Waals surface area contributed by atoms with Gasteiger partial charge < -0.3 is 20.3 Å². The van der Waals surface area contributed by atoms with Crippen LogP contribution in [0.15, 0.2) is 49.1 Å². The average Bonchev–Trinajstić information content (AvgIpc) is 3.30. The van der Waals surface area contributed by atoms with Gasteiger partial charge >= 0.3 is 0 Å². The van der Waals surface area contributed by atoms with Gasteiger partial charge in [0.2, 0.25) is 0 Å². The lowest BCUT2D eigenvalue weighted by molar-refractivity contribution is 0.0578. The van der Waals surface area contributed by atoms with Gasteiger partial charge in [-0.15, -0.1) is 0 Å². The number of halogens is 1. The highest BCUT2D eigenvalue weighted by Crippen LogP contribution is 2.36. The number of aromatic nitrogens is 5. The third kappa shape index (κ3) is 4.35. The maximum absolute atomic E-state index is 13.7. The summed E-state index contributed by atoms with van der Waals surface area (Å²) in [4.78, 5) is 4.26. The average molecular weight is 426 g/mol. The molecule has 31 heavy (non-hydrogen) atoms. The summed E-state index contributed by atoms with van der Waals surface area (Å²) in [6.45, 7) is 3.54. The van der Waals surface area contributed by atoms with Crippen LogP contribution < -0.4 is 10.1 Å². The Balaban J connectivity index is 1.75. The van der Waals surface area contributed by atoms with Crippen LogP contribution in [0.2, 0.25) is 0 Å². The van der Waals surface area contributed by atoms with E-state index in [1.165, 1.54) is 25.4 Å². The van der Waals surface area contributed by atoms with Crippen molar-refractivity contribution >= 4 is 11.3 Å². The molecule has 3 N–H and O–H groups in total. The number of anilines is 1. The minimum atomic E-state index is -1.14. The molecule has 10 heteroatoms. The van der Waals surface area contributed by atoms with Gasteiger partial charge in [-0.3, -0.25) is 4.68 Å². The predicted octanol–water partition coefficient (Wildman–Crippen LogP) is 2.61. The lowest BCUT2D eigenvalue weighted by Gasteiger charge is -2.16. The van der Waals surface area contributed by atoms with E-state index in [0.717, 1.165) is 0 Å². The van der Waals surface area contributed by atoms with E-state index in [9.17, 15) is 14.6 Å². The van der Waals surface area contributed by atoms with Crippen LogP contribution in [0.3, 0.4) is 0 Å². The van der Waals surface area contributed by atoms with Crippen molar-refractivity contribution in [3.63, 3.8) is 0 Å². The second-order valence-electron chi connectivity index (χ2n) is 7.78. The molecule has 1 aromatic carbocycles.